The van der Waals surface area contributed by atoms with Gasteiger partial charge in [-0.2, -0.15) is 0 Å². The Morgan fingerprint density at radius 2 is 1.95 bits per heavy atom. The summed E-state index contributed by atoms with van der Waals surface area (Å²) in [4.78, 5) is 28.4. The van der Waals surface area contributed by atoms with Gasteiger partial charge in [-0.3, -0.25) is 9.59 Å². The first kappa shape index (κ1) is 15.0. The van der Waals surface area contributed by atoms with Crippen LogP contribution < -0.4 is 4.90 Å². The van der Waals surface area contributed by atoms with E-state index in [-0.39, 0.29) is 36.0 Å². The van der Waals surface area contributed by atoms with Crippen LogP contribution in [0.3, 0.4) is 0 Å². The third kappa shape index (κ3) is 2.85. The third-order valence-electron chi connectivity index (χ3n) is 4.70. The van der Waals surface area contributed by atoms with Gasteiger partial charge in [-0.25, -0.2) is 4.39 Å². The fraction of sp³-hybridized carbons (Fsp3) is 0.529. The number of carbonyl (C=O) groups is 2. The van der Waals surface area contributed by atoms with Crippen LogP contribution in [0.5, 0.6) is 0 Å². The van der Waals surface area contributed by atoms with Crippen molar-refractivity contribution in [3.63, 3.8) is 0 Å². The first-order valence-electron chi connectivity index (χ1n) is 7.92. The monoisotopic (exact) mass is 304 g/mol. The van der Waals surface area contributed by atoms with E-state index < -0.39 is 0 Å². The average molecular weight is 304 g/mol. The summed E-state index contributed by atoms with van der Waals surface area (Å²) in [6.45, 7) is 3.26. The number of rotatable bonds is 2. The summed E-state index contributed by atoms with van der Waals surface area (Å²) in [5.74, 6) is -0.581. The largest absolute Gasteiger partial charge is 0.340 e. The highest BCUT2D eigenvalue weighted by Crippen LogP contribution is 2.28. The van der Waals surface area contributed by atoms with Crippen LogP contribution in [0.4, 0.5) is 10.1 Å². The molecule has 2 aliphatic rings. The van der Waals surface area contributed by atoms with Crippen molar-refractivity contribution >= 4 is 17.5 Å². The zero-order chi connectivity index (χ0) is 15.7. The highest BCUT2D eigenvalue weighted by molar-refractivity contribution is 6.00. The van der Waals surface area contributed by atoms with Crippen LogP contribution >= 0.6 is 0 Å². The Hall–Kier alpha value is -1.91. The molecule has 4 nitrogen and oxygen atoms in total. The zero-order valence-corrected chi connectivity index (χ0v) is 12.8. The van der Waals surface area contributed by atoms with Gasteiger partial charge < -0.3 is 9.80 Å². The number of hydrogen-bond donors (Lipinski definition) is 0. The smallest absolute Gasteiger partial charge is 0.228 e. The summed E-state index contributed by atoms with van der Waals surface area (Å²) in [7, 11) is 0. The van der Waals surface area contributed by atoms with E-state index in [1.807, 2.05) is 4.90 Å². The predicted octanol–water partition coefficient (Wildman–Crippen LogP) is 2.58. The Bertz CT molecular complexity index is 573. The predicted molar refractivity (Wildman–Crippen MR) is 81.9 cm³/mol. The number of benzene rings is 1. The van der Waals surface area contributed by atoms with Gasteiger partial charge in [0.05, 0.1) is 5.92 Å². The molecule has 2 amide bonds. The minimum absolute atomic E-state index is 0.0605. The number of amides is 2. The second-order valence-corrected chi connectivity index (χ2v) is 6.26. The lowest BCUT2D eigenvalue weighted by Gasteiger charge is -2.35. The highest BCUT2D eigenvalue weighted by Gasteiger charge is 2.38. The molecule has 2 saturated heterocycles. The number of likely N-dealkylation sites (tertiary alicyclic amines) is 1. The molecule has 22 heavy (non-hydrogen) atoms. The molecule has 3 rings (SSSR count). The number of nitrogens with zero attached hydrogens (tertiary/aromatic N) is 2. The maximum atomic E-state index is 13.0. The first-order valence-corrected chi connectivity index (χ1v) is 7.92. The van der Waals surface area contributed by atoms with E-state index in [2.05, 4.69) is 6.92 Å². The Kier molecular flexibility index (Phi) is 4.14. The van der Waals surface area contributed by atoms with E-state index in [9.17, 15) is 14.0 Å². The standard InChI is InChI=1S/C17H21FN2O2/c1-12-4-2-3-9-19(12)17(22)13-10-16(21)20(11-13)15-7-5-14(18)6-8-15/h5-8,12-13H,2-4,9-11H2,1H3. The minimum atomic E-state index is -0.329. The molecule has 2 atom stereocenters. The van der Waals surface area contributed by atoms with Gasteiger partial charge in [0.15, 0.2) is 0 Å². The van der Waals surface area contributed by atoms with Crippen molar-refractivity contribution < 1.29 is 14.0 Å². The van der Waals surface area contributed by atoms with Crippen molar-refractivity contribution in [3.05, 3.63) is 30.1 Å². The SMILES string of the molecule is CC1CCCCN1C(=O)C1CC(=O)N(c2ccc(F)cc2)C1. The molecular weight excluding hydrogens is 283 g/mol. The molecule has 1 aromatic rings. The topological polar surface area (TPSA) is 40.6 Å². The third-order valence-corrected chi connectivity index (χ3v) is 4.70. The van der Waals surface area contributed by atoms with E-state index in [0.717, 1.165) is 25.8 Å². The molecule has 2 unspecified atom stereocenters. The molecule has 0 bridgehead atoms. The van der Waals surface area contributed by atoms with Crippen molar-refractivity contribution in [2.75, 3.05) is 18.0 Å². The lowest BCUT2D eigenvalue weighted by atomic mass is 9.99. The van der Waals surface area contributed by atoms with Crippen LogP contribution in [-0.4, -0.2) is 35.8 Å². The maximum Gasteiger partial charge on any atom is 0.228 e. The molecule has 2 heterocycles. The molecule has 118 valence electrons. The molecule has 0 aromatic heterocycles. The molecule has 0 aliphatic carbocycles. The van der Waals surface area contributed by atoms with Crippen LogP contribution in [0.15, 0.2) is 24.3 Å². The fourth-order valence-electron chi connectivity index (χ4n) is 3.40. The van der Waals surface area contributed by atoms with Gasteiger partial charge in [0.1, 0.15) is 5.82 Å². The van der Waals surface area contributed by atoms with Gasteiger partial charge in [0, 0.05) is 31.2 Å². The quantitative estimate of drug-likeness (QED) is 0.842. The second-order valence-electron chi connectivity index (χ2n) is 6.26. The fourth-order valence-corrected chi connectivity index (χ4v) is 3.40. The Morgan fingerprint density at radius 1 is 1.23 bits per heavy atom. The number of hydrogen-bond acceptors (Lipinski definition) is 2. The van der Waals surface area contributed by atoms with E-state index in [0.29, 0.717) is 12.2 Å². The minimum Gasteiger partial charge on any atom is -0.340 e. The number of carbonyl (C=O) groups excluding carboxylic acids is 2. The normalized spacial score (nSPS) is 25.6. The van der Waals surface area contributed by atoms with E-state index >= 15 is 0 Å². The molecule has 2 fully saturated rings. The van der Waals surface area contributed by atoms with Crippen LogP contribution in [0, 0.1) is 11.7 Å². The van der Waals surface area contributed by atoms with Gasteiger partial charge in [-0.1, -0.05) is 0 Å². The van der Waals surface area contributed by atoms with Gasteiger partial charge >= 0.3 is 0 Å². The van der Waals surface area contributed by atoms with Crippen LogP contribution in [0.1, 0.15) is 32.6 Å². The number of anilines is 1. The lowest BCUT2D eigenvalue weighted by Crippen LogP contribution is -2.45. The molecule has 0 spiro atoms. The average Bonchev–Trinajstić information content (AvgIpc) is 2.90. The Balaban J connectivity index is 1.71. The highest BCUT2D eigenvalue weighted by atomic mass is 19.1. The van der Waals surface area contributed by atoms with Crippen molar-refractivity contribution in [1.29, 1.82) is 0 Å². The molecule has 5 heteroatoms. The molecule has 0 saturated carbocycles. The van der Waals surface area contributed by atoms with Crippen LogP contribution in [-0.2, 0) is 9.59 Å². The maximum absolute atomic E-state index is 13.0. The lowest BCUT2D eigenvalue weighted by molar-refractivity contribution is -0.139. The van der Waals surface area contributed by atoms with Crippen molar-refractivity contribution in [2.45, 2.75) is 38.6 Å². The van der Waals surface area contributed by atoms with Crippen molar-refractivity contribution in [3.8, 4) is 0 Å². The summed E-state index contributed by atoms with van der Waals surface area (Å²) >= 11 is 0. The van der Waals surface area contributed by atoms with E-state index in [1.165, 1.54) is 12.1 Å². The van der Waals surface area contributed by atoms with Crippen LogP contribution in [0.2, 0.25) is 0 Å². The van der Waals surface area contributed by atoms with Crippen LogP contribution in [0.25, 0.3) is 0 Å². The number of halogens is 1. The molecule has 0 N–H and O–H groups in total. The summed E-state index contributed by atoms with van der Waals surface area (Å²) < 4.78 is 13.0. The Labute approximate surface area is 129 Å². The second kappa shape index (κ2) is 6.07. The van der Waals surface area contributed by atoms with Crippen molar-refractivity contribution in [2.24, 2.45) is 5.92 Å². The molecular formula is C17H21FN2O2. The van der Waals surface area contributed by atoms with Crippen molar-refractivity contribution in [1.82, 2.24) is 4.90 Å². The summed E-state index contributed by atoms with van der Waals surface area (Å²) in [6.07, 6.45) is 3.49. The summed E-state index contributed by atoms with van der Waals surface area (Å²) in [5.41, 5.74) is 0.661. The first-order chi connectivity index (χ1) is 10.6. The van der Waals surface area contributed by atoms with Gasteiger partial charge in [0.2, 0.25) is 11.8 Å². The molecule has 2 aliphatic heterocycles. The zero-order valence-electron chi connectivity index (χ0n) is 12.8. The van der Waals surface area contributed by atoms with Gasteiger partial charge in [-0.05, 0) is 50.5 Å². The molecule has 0 radical (unpaired) electrons. The van der Waals surface area contributed by atoms with E-state index in [4.69, 9.17) is 0 Å². The molecule has 1 aromatic carbocycles. The summed E-state index contributed by atoms with van der Waals surface area (Å²) in [6, 6.07) is 6.11. The van der Waals surface area contributed by atoms with Gasteiger partial charge in [0.25, 0.3) is 0 Å². The summed E-state index contributed by atoms with van der Waals surface area (Å²) in [5, 5.41) is 0. The Morgan fingerprint density at radius 3 is 2.64 bits per heavy atom. The van der Waals surface area contributed by atoms with Gasteiger partial charge in [-0.15, -0.1) is 0 Å². The number of piperidine rings is 1. The van der Waals surface area contributed by atoms with E-state index in [1.54, 1.807) is 17.0 Å².